The molecule has 0 aliphatic heterocycles. The molecule has 0 aromatic heterocycles. The minimum Gasteiger partial charge on any atom is -0.506 e. The van der Waals surface area contributed by atoms with Gasteiger partial charge >= 0.3 is 5.97 Å². The van der Waals surface area contributed by atoms with Crippen LogP contribution in [0, 0.1) is 11.6 Å². The van der Waals surface area contributed by atoms with E-state index in [1.54, 1.807) is 0 Å². The fourth-order valence-electron chi connectivity index (χ4n) is 1.81. The summed E-state index contributed by atoms with van der Waals surface area (Å²) in [5.41, 5.74) is -1.18. The first-order valence-corrected chi connectivity index (χ1v) is 7.84. The number of phenols is 1. The minimum atomic E-state index is -4.23. The molecule has 0 fully saturated rings. The summed E-state index contributed by atoms with van der Waals surface area (Å²) in [5, 5.41) is 18.4. The largest absolute Gasteiger partial charge is 0.506 e. The molecule has 0 heterocycles. The zero-order valence-electron chi connectivity index (χ0n) is 11.5. The first kappa shape index (κ1) is 16.7. The predicted molar refractivity (Wildman–Crippen MR) is 77.7 cm³/mol. The van der Waals surface area contributed by atoms with Crippen molar-refractivity contribution in [2.45, 2.75) is 5.75 Å². The van der Waals surface area contributed by atoms with E-state index in [4.69, 9.17) is 5.11 Å². The number of anilines is 1. The van der Waals surface area contributed by atoms with Crippen LogP contribution in [0.3, 0.4) is 0 Å². The third-order valence-corrected chi connectivity index (χ3v) is 4.11. The smallest absolute Gasteiger partial charge is 0.335 e. The number of carbonyl (C=O) groups is 1. The molecule has 2 rings (SSSR count). The third-order valence-electron chi connectivity index (χ3n) is 2.91. The van der Waals surface area contributed by atoms with Gasteiger partial charge in [-0.2, -0.15) is 0 Å². The number of rotatable bonds is 5. The van der Waals surface area contributed by atoms with Crippen LogP contribution in [0.25, 0.3) is 0 Å². The maximum Gasteiger partial charge on any atom is 0.335 e. The van der Waals surface area contributed by atoms with Crippen molar-refractivity contribution in [1.29, 1.82) is 0 Å². The number of sulfonamides is 1. The molecule has 0 radical (unpaired) electrons. The molecular formula is C14H11F2NO5S. The second-order valence-electron chi connectivity index (χ2n) is 4.60. The standard InChI is InChI=1S/C14H11F2NO5S/c15-10-2-1-3-11(16)9(10)7-23(21,22)17-12-5-4-8(14(19)20)6-13(12)18/h1-6,17-18H,7H2,(H,19,20). The van der Waals surface area contributed by atoms with Gasteiger partial charge in [0.15, 0.2) is 0 Å². The first-order chi connectivity index (χ1) is 10.7. The van der Waals surface area contributed by atoms with Gasteiger partial charge in [0.25, 0.3) is 0 Å². The number of halogens is 2. The molecule has 122 valence electrons. The number of carboxylic acids is 1. The molecule has 0 bridgehead atoms. The number of aromatic hydroxyl groups is 1. The Bertz CT molecular complexity index is 847. The molecule has 0 spiro atoms. The summed E-state index contributed by atoms with van der Waals surface area (Å²) < 4.78 is 52.9. The van der Waals surface area contributed by atoms with Gasteiger partial charge in [0.2, 0.25) is 10.0 Å². The summed E-state index contributed by atoms with van der Waals surface area (Å²) in [7, 11) is -4.23. The monoisotopic (exact) mass is 343 g/mol. The Labute approximate surface area is 130 Å². The van der Waals surface area contributed by atoms with Crippen molar-refractivity contribution in [3.05, 3.63) is 59.2 Å². The van der Waals surface area contributed by atoms with Crippen LogP contribution < -0.4 is 4.72 Å². The van der Waals surface area contributed by atoms with Crippen molar-refractivity contribution < 1.29 is 32.2 Å². The summed E-state index contributed by atoms with van der Waals surface area (Å²) >= 11 is 0. The normalized spacial score (nSPS) is 11.2. The fraction of sp³-hybridized carbons (Fsp3) is 0.0714. The maximum atomic E-state index is 13.5. The number of aromatic carboxylic acids is 1. The molecule has 2 aromatic carbocycles. The van der Waals surface area contributed by atoms with E-state index < -0.39 is 44.7 Å². The van der Waals surface area contributed by atoms with Crippen molar-refractivity contribution in [3.63, 3.8) is 0 Å². The number of hydrogen-bond donors (Lipinski definition) is 3. The van der Waals surface area contributed by atoms with E-state index in [1.807, 2.05) is 4.72 Å². The lowest BCUT2D eigenvalue weighted by atomic mass is 10.2. The fourth-order valence-corrected chi connectivity index (χ4v) is 3.05. The van der Waals surface area contributed by atoms with Gasteiger partial charge < -0.3 is 10.2 Å². The average molecular weight is 343 g/mol. The minimum absolute atomic E-state index is 0.245. The van der Waals surface area contributed by atoms with Crippen molar-refractivity contribution in [3.8, 4) is 5.75 Å². The molecule has 6 nitrogen and oxygen atoms in total. The molecule has 0 saturated heterocycles. The highest BCUT2D eigenvalue weighted by Gasteiger charge is 2.20. The Morgan fingerprint density at radius 1 is 1.13 bits per heavy atom. The Kier molecular flexibility index (Phi) is 4.50. The van der Waals surface area contributed by atoms with Crippen molar-refractivity contribution in [2.24, 2.45) is 0 Å². The van der Waals surface area contributed by atoms with Crippen LogP contribution in [0.15, 0.2) is 36.4 Å². The van der Waals surface area contributed by atoms with E-state index in [0.717, 1.165) is 36.4 Å². The topological polar surface area (TPSA) is 104 Å². The summed E-state index contributed by atoms with van der Waals surface area (Å²) in [4.78, 5) is 10.7. The van der Waals surface area contributed by atoms with Crippen LogP contribution in [0.1, 0.15) is 15.9 Å². The highest BCUT2D eigenvalue weighted by Crippen LogP contribution is 2.26. The van der Waals surface area contributed by atoms with E-state index in [9.17, 15) is 27.1 Å². The van der Waals surface area contributed by atoms with Gasteiger partial charge in [-0.25, -0.2) is 22.0 Å². The molecule has 2 aromatic rings. The highest BCUT2D eigenvalue weighted by molar-refractivity contribution is 7.91. The van der Waals surface area contributed by atoms with E-state index in [-0.39, 0.29) is 11.3 Å². The molecule has 0 aliphatic rings. The number of carboxylic acid groups (broad SMARTS) is 1. The van der Waals surface area contributed by atoms with Crippen molar-refractivity contribution in [1.82, 2.24) is 0 Å². The lowest BCUT2D eigenvalue weighted by Gasteiger charge is -2.11. The molecular weight excluding hydrogens is 332 g/mol. The van der Waals surface area contributed by atoms with Crippen LogP contribution in [0.4, 0.5) is 14.5 Å². The lowest BCUT2D eigenvalue weighted by Crippen LogP contribution is -2.17. The molecule has 0 amide bonds. The number of hydrogen-bond acceptors (Lipinski definition) is 4. The van der Waals surface area contributed by atoms with E-state index in [2.05, 4.69) is 0 Å². The summed E-state index contributed by atoms with van der Waals surface area (Å²) in [6.07, 6.45) is 0. The van der Waals surface area contributed by atoms with Gasteiger partial charge in [-0.15, -0.1) is 0 Å². The number of phenolic OH excluding ortho intramolecular Hbond substituents is 1. The molecule has 0 saturated carbocycles. The SMILES string of the molecule is O=C(O)c1ccc(NS(=O)(=O)Cc2c(F)cccc2F)c(O)c1. The molecule has 0 aliphatic carbocycles. The van der Waals surface area contributed by atoms with Gasteiger partial charge in [-0.1, -0.05) is 6.07 Å². The molecule has 3 N–H and O–H groups in total. The average Bonchev–Trinajstić information content (AvgIpc) is 2.45. The van der Waals surface area contributed by atoms with Crippen molar-refractivity contribution in [2.75, 3.05) is 4.72 Å². The number of benzene rings is 2. The zero-order valence-corrected chi connectivity index (χ0v) is 12.3. The summed E-state index contributed by atoms with van der Waals surface area (Å²) in [5.74, 6) is -4.93. The van der Waals surface area contributed by atoms with Gasteiger partial charge in [-0.3, -0.25) is 4.72 Å². The van der Waals surface area contributed by atoms with Gasteiger partial charge in [0.1, 0.15) is 23.1 Å². The quantitative estimate of drug-likeness (QED) is 0.723. The molecule has 9 heteroatoms. The van der Waals surface area contributed by atoms with Gasteiger partial charge in [0.05, 0.1) is 11.3 Å². The summed E-state index contributed by atoms with van der Waals surface area (Å²) in [6.45, 7) is 0. The highest BCUT2D eigenvalue weighted by atomic mass is 32.2. The Morgan fingerprint density at radius 3 is 2.26 bits per heavy atom. The zero-order chi connectivity index (χ0) is 17.2. The van der Waals surface area contributed by atoms with Crippen molar-refractivity contribution >= 4 is 21.7 Å². The third kappa shape index (κ3) is 3.95. The molecule has 0 atom stereocenters. The second-order valence-corrected chi connectivity index (χ2v) is 6.32. The molecule has 0 unspecified atom stereocenters. The van der Waals surface area contributed by atoms with E-state index >= 15 is 0 Å². The maximum absolute atomic E-state index is 13.5. The first-order valence-electron chi connectivity index (χ1n) is 6.19. The van der Waals surface area contributed by atoms with Crippen LogP contribution >= 0.6 is 0 Å². The van der Waals surface area contributed by atoms with Crippen LogP contribution in [-0.2, 0) is 15.8 Å². The Morgan fingerprint density at radius 2 is 1.74 bits per heavy atom. The van der Waals surface area contributed by atoms with Crippen LogP contribution in [-0.4, -0.2) is 24.6 Å². The number of nitrogens with one attached hydrogen (secondary N) is 1. The Hall–Kier alpha value is -2.68. The van der Waals surface area contributed by atoms with Crippen LogP contribution in [0.5, 0.6) is 5.75 Å². The predicted octanol–water partition coefficient (Wildman–Crippen LogP) is 2.31. The lowest BCUT2D eigenvalue weighted by molar-refractivity contribution is 0.0696. The van der Waals surface area contributed by atoms with Crippen LogP contribution in [0.2, 0.25) is 0 Å². The van der Waals surface area contributed by atoms with Gasteiger partial charge in [-0.05, 0) is 30.3 Å². The van der Waals surface area contributed by atoms with E-state index in [0.29, 0.717) is 0 Å². The van der Waals surface area contributed by atoms with Gasteiger partial charge in [0, 0.05) is 5.56 Å². The molecule has 23 heavy (non-hydrogen) atoms. The van der Waals surface area contributed by atoms with E-state index in [1.165, 1.54) is 0 Å². The second kappa shape index (κ2) is 6.21. The summed E-state index contributed by atoms with van der Waals surface area (Å²) in [6, 6.07) is 5.91. The Balaban J connectivity index is 2.27.